The number of rotatable bonds is 8. The second kappa shape index (κ2) is 11.3. The van der Waals surface area contributed by atoms with E-state index in [2.05, 4.69) is 10.3 Å². The van der Waals surface area contributed by atoms with Gasteiger partial charge < -0.3 is 15.0 Å². The van der Waals surface area contributed by atoms with Crippen LogP contribution < -0.4 is 5.32 Å². The molecular weight excluding hydrogens is 446 g/mol. The van der Waals surface area contributed by atoms with Crippen molar-refractivity contribution in [3.8, 4) is 0 Å². The number of fused-ring (bicyclic) bond motifs is 1. The third kappa shape index (κ3) is 5.66. The summed E-state index contributed by atoms with van der Waals surface area (Å²) in [6, 6.07) is 19.4. The molecule has 3 aromatic rings. The SMILES string of the molecule is CO[C@H](C(=O)N1CCc2c(cnc(C)c2CNC(=O)CSc2ccccc2)C1)c1ccccc1. The average Bonchev–Trinajstić information content (AvgIpc) is 2.88. The number of methoxy groups -OCH3 is 1. The molecule has 176 valence electrons. The number of hydrogen-bond donors (Lipinski definition) is 1. The number of pyridine rings is 1. The van der Waals surface area contributed by atoms with Gasteiger partial charge in [-0.15, -0.1) is 11.8 Å². The zero-order chi connectivity index (χ0) is 23.9. The van der Waals surface area contributed by atoms with Gasteiger partial charge in [0, 0.05) is 43.5 Å². The Balaban J connectivity index is 1.41. The summed E-state index contributed by atoms with van der Waals surface area (Å²) in [5.41, 5.74) is 5.01. The molecule has 0 unspecified atom stereocenters. The van der Waals surface area contributed by atoms with Crippen molar-refractivity contribution in [3.05, 3.63) is 94.8 Å². The van der Waals surface area contributed by atoms with Gasteiger partial charge in [-0.1, -0.05) is 48.5 Å². The molecule has 0 radical (unpaired) electrons. The van der Waals surface area contributed by atoms with Crippen molar-refractivity contribution in [2.24, 2.45) is 0 Å². The number of aryl methyl sites for hydroxylation is 1. The number of thioether (sulfide) groups is 1. The molecule has 0 spiro atoms. The van der Waals surface area contributed by atoms with E-state index in [0.717, 1.165) is 33.7 Å². The number of nitrogens with zero attached hydrogens (tertiary/aromatic N) is 2. The van der Waals surface area contributed by atoms with Crippen LogP contribution >= 0.6 is 11.8 Å². The Morgan fingerprint density at radius 3 is 2.53 bits per heavy atom. The van der Waals surface area contributed by atoms with Crippen LogP contribution in [0.3, 0.4) is 0 Å². The van der Waals surface area contributed by atoms with Gasteiger partial charge in [0.2, 0.25) is 5.91 Å². The maximum Gasteiger partial charge on any atom is 0.256 e. The van der Waals surface area contributed by atoms with Gasteiger partial charge in [0.25, 0.3) is 5.91 Å². The number of amides is 2. The fourth-order valence-corrected chi connectivity index (χ4v) is 4.97. The van der Waals surface area contributed by atoms with Gasteiger partial charge in [-0.2, -0.15) is 0 Å². The molecule has 1 atom stereocenters. The summed E-state index contributed by atoms with van der Waals surface area (Å²) in [6.07, 6.45) is 1.95. The minimum absolute atomic E-state index is 0.00994. The second-order valence-corrected chi connectivity index (χ2v) is 9.29. The summed E-state index contributed by atoms with van der Waals surface area (Å²) >= 11 is 1.52. The van der Waals surface area contributed by atoms with Crippen LogP contribution in [0.2, 0.25) is 0 Å². The van der Waals surface area contributed by atoms with E-state index in [9.17, 15) is 9.59 Å². The highest BCUT2D eigenvalue weighted by Gasteiger charge is 2.29. The highest BCUT2D eigenvalue weighted by Crippen LogP contribution is 2.27. The van der Waals surface area contributed by atoms with Crippen LogP contribution in [0, 0.1) is 6.92 Å². The molecule has 4 rings (SSSR count). The highest BCUT2D eigenvalue weighted by atomic mass is 32.2. The van der Waals surface area contributed by atoms with Crippen LogP contribution in [-0.2, 0) is 33.8 Å². The van der Waals surface area contributed by atoms with E-state index in [1.54, 1.807) is 7.11 Å². The molecule has 0 bridgehead atoms. The minimum atomic E-state index is -0.623. The zero-order valence-corrected chi connectivity index (χ0v) is 20.3. The van der Waals surface area contributed by atoms with Crippen molar-refractivity contribution in [3.63, 3.8) is 0 Å². The van der Waals surface area contributed by atoms with Crippen molar-refractivity contribution < 1.29 is 14.3 Å². The molecule has 0 saturated carbocycles. The maximum absolute atomic E-state index is 13.2. The lowest BCUT2D eigenvalue weighted by atomic mass is 9.94. The maximum atomic E-state index is 13.2. The zero-order valence-electron chi connectivity index (χ0n) is 19.5. The van der Waals surface area contributed by atoms with E-state index < -0.39 is 6.10 Å². The molecule has 0 aliphatic carbocycles. The summed E-state index contributed by atoms with van der Waals surface area (Å²) in [7, 11) is 1.56. The Morgan fingerprint density at radius 1 is 1.12 bits per heavy atom. The predicted octanol–water partition coefficient (Wildman–Crippen LogP) is 4.07. The van der Waals surface area contributed by atoms with Gasteiger partial charge in [0.15, 0.2) is 6.10 Å². The van der Waals surface area contributed by atoms with Crippen LogP contribution in [0.4, 0.5) is 0 Å². The van der Waals surface area contributed by atoms with Crippen LogP contribution in [0.1, 0.15) is 34.1 Å². The summed E-state index contributed by atoms with van der Waals surface area (Å²) in [4.78, 5) is 33.1. The van der Waals surface area contributed by atoms with Crippen LogP contribution in [0.15, 0.2) is 71.8 Å². The first-order valence-corrected chi connectivity index (χ1v) is 12.3. The number of carbonyl (C=O) groups is 2. The van der Waals surface area contributed by atoms with E-state index in [1.807, 2.05) is 78.7 Å². The summed E-state index contributed by atoms with van der Waals surface area (Å²) in [5, 5.41) is 3.04. The predicted molar refractivity (Wildman–Crippen MR) is 133 cm³/mol. The number of hydrogen-bond acceptors (Lipinski definition) is 5. The van der Waals surface area contributed by atoms with Crippen molar-refractivity contribution in [2.45, 2.75) is 37.4 Å². The summed E-state index contributed by atoms with van der Waals surface area (Å²) in [6.45, 7) is 3.49. The Morgan fingerprint density at radius 2 is 1.82 bits per heavy atom. The smallest absolute Gasteiger partial charge is 0.256 e. The normalized spacial score (nSPS) is 13.8. The van der Waals surface area contributed by atoms with Gasteiger partial charge >= 0.3 is 0 Å². The fraction of sp³-hybridized carbons (Fsp3) is 0.296. The summed E-state index contributed by atoms with van der Waals surface area (Å²) < 4.78 is 5.55. The van der Waals surface area contributed by atoms with Crippen molar-refractivity contribution in [1.29, 1.82) is 0 Å². The lowest BCUT2D eigenvalue weighted by Gasteiger charge is -2.32. The number of benzene rings is 2. The van der Waals surface area contributed by atoms with Gasteiger partial charge in [-0.05, 0) is 47.7 Å². The number of ether oxygens (including phenoxy) is 1. The average molecular weight is 476 g/mol. The standard InChI is InChI=1S/C27H29N3O3S/c1-19-24(16-29-25(31)18-34-22-11-7-4-8-12-22)23-13-14-30(17-21(23)15-28-19)27(32)26(33-2)20-9-5-3-6-10-20/h3-12,15,26H,13-14,16-18H2,1-2H3,(H,29,31)/t26-/m0/s1. The van der Waals surface area contributed by atoms with Crippen LogP contribution in [-0.4, -0.2) is 41.1 Å². The molecule has 2 aromatic carbocycles. The van der Waals surface area contributed by atoms with Crippen molar-refractivity contribution in [1.82, 2.24) is 15.2 Å². The Labute approximate surface area is 204 Å². The monoisotopic (exact) mass is 475 g/mol. The third-order valence-electron chi connectivity index (χ3n) is 6.05. The molecule has 6 nitrogen and oxygen atoms in total. The molecule has 1 aliphatic heterocycles. The first-order chi connectivity index (χ1) is 16.6. The van der Waals surface area contributed by atoms with E-state index in [4.69, 9.17) is 4.74 Å². The third-order valence-corrected chi connectivity index (χ3v) is 7.06. The van der Waals surface area contributed by atoms with E-state index in [0.29, 0.717) is 25.4 Å². The largest absolute Gasteiger partial charge is 0.367 e. The molecule has 1 aliphatic rings. The lowest BCUT2D eigenvalue weighted by Crippen LogP contribution is -2.40. The van der Waals surface area contributed by atoms with Gasteiger partial charge in [-0.25, -0.2) is 0 Å². The van der Waals surface area contributed by atoms with Gasteiger partial charge in [0.1, 0.15) is 0 Å². The Hall–Kier alpha value is -3.16. The molecule has 7 heteroatoms. The van der Waals surface area contributed by atoms with Crippen LogP contribution in [0.25, 0.3) is 0 Å². The molecule has 2 heterocycles. The highest BCUT2D eigenvalue weighted by molar-refractivity contribution is 8.00. The molecule has 0 fully saturated rings. The number of aromatic nitrogens is 1. The lowest BCUT2D eigenvalue weighted by molar-refractivity contribution is -0.143. The Kier molecular flexibility index (Phi) is 7.98. The summed E-state index contributed by atoms with van der Waals surface area (Å²) in [5.74, 6) is 0.308. The first-order valence-electron chi connectivity index (χ1n) is 11.3. The molecule has 1 aromatic heterocycles. The minimum Gasteiger partial charge on any atom is -0.367 e. The van der Waals surface area contributed by atoms with Gasteiger partial charge in [0.05, 0.1) is 5.75 Å². The Bertz CT molecular complexity index is 1140. The van der Waals surface area contributed by atoms with E-state index >= 15 is 0 Å². The second-order valence-electron chi connectivity index (χ2n) is 8.24. The van der Waals surface area contributed by atoms with Crippen molar-refractivity contribution in [2.75, 3.05) is 19.4 Å². The molecular formula is C27H29N3O3S. The number of nitrogens with one attached hydrogen (secondary N) is 1. The van der Waals surface area contributed by atoms with Crippen molar-refractivity contribution >= 4 is 23.6 Å². The van der Waals surface area contributed by atoms with Crippen LogP contribution in [0.5, 0.6) is 0 Å². The quantitative estimate of drug-likeness (QED) is 0.498. The topological polar surface area (TPSA) is 71.5 Å². The fourth-order valence-electron chi connectivity index (χ4n) is 4.22. The molecule has 0 saturated heterocycles. The molecule has 2 amide bonds. The molecule has 34 heavy (non-hydrogen) atoms. The number of carbonyl (C=O) groups excluding carboxylic acids is 2. The molecule has 1 N–H and O–H groups in total. The van der Waals surface area contributed by atoms with Gasteiger partial charge in [-0.3, -0.25) is 14.6 Å². The first kappa shape index (κ1) is 24.0. The van der Waals surface area contributed by atoms with E-state index in [-0.39, 0.29) is 11.8 Å². The van der Waals surface area contributed by atoms with E-state index in [1.165, 1.54) is 17.3 Å².